The van der Waals surface area contributed by atoms with Gasteiger partial charge < -0.3 is 4.74 Å². The molecule has 0 N–H and O–H groups in total. The molecule has 0 spiro atoms. The van der Waals surface area contributed by atoms with Crippen LogP contribution < -0.4 is 4.74 Å². The summed E-state index contributed by atoms with van der Waals surface area (Å²) in [5.74, 6) is 0.876. The average molecular weight is 319 g/mol. The van der Waals surface area contributed by atoms with Crippen LogP contribution in [0.5, 0.6) is 5.75 Å². The maximum absolute atomic E-state index is 5.30. The molecule has 0 unspecified atom stereocenters. The molecule has 0 saturated carbocycles. The van der Waals surface area contributed by atoms with E-state index in [2.05, 4.69) is 39.9 Å². The van der Waals surface area contributed by atoms with Gasteiger partial charge >= 0.3 is 0 Å². The lowest BCUT2D eigenvalue weighted by atomic mass is 10.1. The molecule has 1 aliphatic carbocycles. The van der Waals surface area contributed by atoms with E-state index >= 15 is 0 Å². The van der Waals surface area contributed by atoms with Crippen molar-refractivity contribution in [3.05, 3.63) is 65.8 Å². The Morgan fingerprint density at radius 3 is 3.13 bits per heavy atom. The molecule has 0 fully saturated rings. The van der Waals surface area contributed by atoms with Gasteiger partial charge in [-0.1, -0.05) is 23.5 Å². The summed E-state index contributed by atoms with van der Waals surface area (Å²) in [7, 11) is 1.69. The summed E-state index contributed by atoms with van der Waals surface area (Å²) in [5.41, 5.74) is 5.69. The summed E-state index contributed by atoms with van der Waals surface area (Å²) in [6, 6.07) is 10.2. The molecule has 0 aliphatic heterocycles. The Morgan fingerprint density at radius 1 is 1.26 bits per heavy atom. The third-order valence-corrected chi connectivity index (χ3v) is 5.27. The van der Waals surface area contributed by atoms with Crippen LogP contribution in [0.25, 0.3) is 20.8 Å². The number of allylic oxidation sites excluding steroid dienone is 1. The average Bonchev–Trinajstić information content (AvgIpc) is 3.25. The van der Waals surface area contributed by atoms with Crippen molar-refractivity contribution in [1.82, 2.24) is 14.4 Å². The molecule has 1 aromatic carbocycles. The van der Waals surface area contributed by atoms with Crippen molar-refractivity contribution in [3.63, 3.8) is 0 Å². The second-order valence-corrected chi connectivity index (χ2v) is 6.54. The van der Waals surface area contributed by atoms with Crippen molar-refractivity contribution in [2.45, 2.75) is 6.42 Å². The summed E-state index contributed by atoms with van der Waals surface area (Å²) in [6.45, 7) is 0. The first-order chi connectivity index (χ1) is 11.3. The Balaban J connectivity index is 1.67. The molecule has 4 aromatic rings. The van der Waals surface area contributed by atoms with Gasteiger partial charge in [-0.05, 0) is 24.3 Å². The zero-order valence-corrected chi connectivity index (χ0v) is 13.3. The van der Waals surface area contributed by atoms with Crippen LogP contribution >= 0.6 is 11.3 Å². The fraction of sp³-hybridized carbons (Fsp3) is 0.111. The molecule has 0 bridgehead atoms. The summed E-state index contributed by atoms with van der Waals surface area (Å²) in [4.78, 5) is 10.3. The SMILES string of the molecule is COc1ccc2c(c1)sc1nc(C3=CCc4ncccc43)cn12. The predicted molar refractivity (Wildman–Crippen MR) is 92.1 cm³/mol. The molecule has 23 heavy (non-hydrogen) atoms. The first-order valence-corrected chi connectivity index (χ1v) is 8.25. The number of pyridine rings is 1. The number of nitrogens with zero attached hydrogens (tertiary/aromatic N) is 3. The highest BCUT2D eigenvalue weighted by atomic mass is 32.1. The highest BCUT2D eigenvalue weighted by Gasteiger charge is 2.19. The highest BCUT2D eigenvalue weighted by molar-refractivity contribution is 7.23. The Morgan fingerprint density at radius 2 is 2.22 bits per heavy atom. The van der Waals surface area contributed by atoms with Gasteiger partial charge in [0.15, 0.2) is 4.96 Å². The number of fused-ring (bicyclic) bond motifs is 4. The fourth-order valence-electron chi connectivity index (χ4n) is 3.14. The summed E-state index contributed by atoms with van der Waals surface area (Å²) < 4.78 is 8.64. The molecule has 4 nitrogen and oxygen atoms in total. The maximum Gasteiger partial charge on any atom is 0.195 e. The van der Waals surface area contributed by atoms with Crippen molar-refractivity contribution < 1.29 is 4.74 Å². The first-order valence-electron chi connectivity index (χ1n) is 7.44. The van der Waals surface area contributed by atoms with Gasteiger partial charge in [0.05, 0.1) is 28.7 Å². The smallest absolute Gasteiger partial charge is 0.195 e. The van der Waals surface area contributed by atoms with Crippen LogP contribution in [0.2, 0.25) is 0 Å². The number of hydrogen-bond donors (Lipinski definition) is 0. The molecule has 3 heterocycles. The fourth-order valence-corrected chi connectivity index (χ4v) is 4.17. The summed E-state index contributed by atoms with van der Waals surface area (Å²) in [5, 5.41) is 0. The van der Waals surface area contributed by atoms with Crippen molar-refractivity contribution in [1.29, 1.82) is 0 Å². The quantitative estimate of drug-likeness (QED) is 0.562. The van der Waals surface area contributed by atoms with Crippen LogP contribution in [0.3, 0.4) is 0 Å². The van der Waals surface area contributed by atoms with E-state index < -0.39 is 0 Å². The van der Waals surface area contributed by atoms with Crippen molar-refractivity contribution >= 4 is 32.1 Å². The second-order valence-electron chi connectivity index (χ2n) is 5.53. The van der Waals surface area contributed by atoms with Gasteiger partial charge in [0.2, 0.25) is 0 Å². The van der Waals surface area contributed by atoms with E-state index in [-0.39, 0.29) is 0 Å². The topological polar surface area (TPSA) is 39.4 Å². The lowest BCUT2D eigenvalue weighted by Crippen LogP contribution is -1.89. The number of methoxy groups -OCH3 is 1. The Kier molecular flexibility index (Phi) is 2.60. The monoisotopic (exact) mass is 319 g/mol. The lowest BCUT2D eigenvalue weighted by molar-refractivity contribution is 0.415. The molecular weight excluding hydrogens is 306 g/mol. The van der Waals surface area contributed by atoms with Gasteiger partial charge in [-0.2, -0.15) is 0 Å². The van der Waals surface area contributed by atoms with Crippen molar-refractivity contribution in [2.75, 3.05) is 7.11 Å². The molecule has 1 aliphatic rings. The van der Waals surface area contributed by atoms with Crippen molar-refractivity contribution in [3.8, 4) is 5.75 Å². The standard InChI is InChI=1S/C18H13N3OS/c1-22-11-4-7-16-17(9-11)23-18-20-15(10-21(16)18)13-5-6-14-12(13)3-2-8-19-14/h2-5,7-10H,6H2,1H3. The summed E-state index contributed by atoms with van der Waals surface area (Å²) in [6.07, 6.45) is 7.07. The minimum Gasteiger partial charge on any atom is -0.497 e. The first kappa shape index (κ1) is 12.8. The molecule has 112 valence electrons. The zero-order chi connectivity index (χ0) is 15.4. The number of ether oxygens (including phenoxy) is 1. The van der Waals surface area contributed by atoms with E-state index in [0.717, 1.165) is 34.0 Å². The minimum absolute atomic E-state index is 0.876. The van der Waals surface area contributed by atoms with Gasteiger partial charge in [-0.3, -0.25) is 9.38 Å². The number of benzene rings is 1. The number of imidazole rings is 1. The van der Waals surface area contributed by atoms with Gasteiger partial charge in [0.25, 0.3) is 0 Å². The van der Waals surface area contributed by atoms with Crippen LogP contribution in [0.1, 0.15) is 17.0 Å². The number of thiazole rings is 1. The lowest BCUT2D eigenvalue weighted by Gasteiger charge is -2.01. The van der Waals surface area contributed by atoms with Crippen LogP contribution in [-0.2, 0) is 6.42 Å². The molecule has 0 amide bonds. The zero-order valence-electron chi connectivity index (χ0n) is 12.5. The van der Waals surface area contributed by atoms with E-state index in [0.29, 0.717) is 0 Å². The largest absolute Gasteiger partial charge is 0.497 e. The van der Waals surface area contributed by atoms with Gasteiger partial charge in [0.1, 0.15) is 5.75 Å². The van der Waals surface area contributed by atoms with Crippen LogP contribution in [0.4, 0.5) is 0 Å². The molecule has 5 heteroatoms. The van der Waals surface area contributed by atoms with Crippen LogP contribution in [0, 0.1) is 0 Å². The Bertz CT molecular complexity index is 1090. The minimum atomic E-state index is 0.876. The molecular formula is C18H13N3OS. The normalized spacial score (nSPS) is 13.5. The Labute approximate surface area is 136 Å². The Hall–Kier alpha value is -2.66. The molecule has 3 aromatic heterocycles. The van der Waals surface area contributed by atoms with Crippen molar-refractivity contribution in [2.24, 2.45) is 0 Å². The number of aromatic nitrogens is 3. The van der Waals surface area contributed by atoms with Crippen LogP contribution in [0.15, 0.2) is 48.8 Å². The van der Waals surface area contributed by atoms with E-state index in [1.54, 1.807) is 18.4 Å². The molecule has 5 rings (SSSR count). The number of hydrogen-bond acceptors (Lipinski definition) is 4. The predicted octanol–water partition coefficient (Wildman–Crippen LogP) is 3.94. The van der Waals surface area contributed by atoms with Gasteiger partial charge in [0, 0.05) is 30.0 Å². The van der Waals surface area contributed by atoms with Gasteiger partial charge in [-0.25, -0.2) is 4.98 Å². The van der Waals surface area contributed by atoms with E-state index in [4.69, 9.17) is 9.72 Å². The third kappa shape index (κ3) is 1.83. The number of rotatable bonds is 2. The van der Waals surface area contributed by atoms with E-state index in [1.807, 2.05) is 18.3 Å². The van der Waals surface area contributed by atoms with E-state index in [9.17, 15) is 0 Å². The van der Waals surface area contributed by atoms with Crippen LogP contribution in [-0.4, -0.2) is 21.5 Å². The summed E-state index contributed by atoms with van der Waals surface area (Å²) >= 11 is 1.68. The second kappa shape index (κ2) is 4.67. The molecule has 0 radical (unpaired) electrons. The van der Waals surface area contributed by atoms with Gasteiger partial charge in [-0.15, -0.1) is 0 Å². The molecule has 0 atom stereocenters. The van der Waals surface area contributed by atoms with E-state index in [1.165, 1.54) is 15.8 Å². The third-order valence-electron chi connectivity index (χ3n) is 4.26. The highest BCUT2D eigenvalue weighted by Crippen LogP contribution is 2.34. The molecule has 0 saturated heterocycles. The maximum atomic E-state index is 5.30.